The Kier molecular flexibility index (Phi) is 8.30. The monoisotopic (exact) mass is 437 g/mol. The molecule has 1 amide bonds. The highest BCUT2D eigenvalue weighted by molar-refractivity contribution is 5.76. The molecule has 0 saturated carbocycles. The van der Waals surface area contributed by atoms with Crippen molar-refractivity contribution in [3.8, 4) is 22.9 Å². The fourth-order valence-corrected chi connectivity index (χ4v) is 3.00. The summed E-state index contributed by atoms with van der Waals surface area (Å²) in [6.07, 6.45) is 3.60. The molecule has 3 aromatic rings. The van der Waals surface area contributed by atoms with Crippen molar-refractivity contribution in [3.05, 3.63) is 64.3 Å². The number of ether oxygens (including phenoxy) is 2. The minimum absolute atomic E-state index is 0.149. The van der Waals surface area contributed by atoms with E-state index in [0.717, 1.165) is 12.1 Å². The smallest absolute Gasteiger partial charge is 0.273 e. The van der Waals surface area contributed by atoms with Gasteiger partial charge in [0.15, 0.2) is 17.3 Å². The molecular formula is C23H27N5O4. The Labute approximate surface area is 186 Å². The minimum Gasteiger partial charge on any atom is -0.493 e. The van der Waals surface area contributed by atoms with Crippen molar-refractivity contribution >= 4 is 5.91 Å². The second-order valence-corrected chi connectivity index (χ2v) is 7.08. The number of aryl methyl sites for hydroxylation is 1. The van der Waals surface area contributed by atoms with Gasteiger partial charge >= 0.3 is 0 Å². The van der Waals surface area contributed by atoms with E-state index in [-0.39, 0.29) is 30.0 Å². The first kappa shape index (κ1) is 22.9. The second-order valence-electron chi connectivity index (χ2n) is 7.08. The molecule has 9 heteroatoms. The molecule has 2 heterocycles. The summed E-state index contributed by atoms with van der Waals surface area (Å²) in [4.78, 5) is 31.4. The number of nitrogens with zero attached hydrogens (tertiary/aromatic N) is 3. The number of carbonyl (C=O) groups excluding carboxylic acids is 1. The molecule has 9 nitrogen and oxygen atoms in total. The normalized spacial score (nSPS) is 10.6. The predicted molar refractivity (Wildman–Crippen MR) is 120 cm³/mol. The van der Waals surface area contributed by atoms with Crippen LogP contribution in [0.4, 0.5) is 0 Å². The molecule has 0 fully saturated rings. The van der Waals surface area contributed by atoms with Crippen LogP contribution >= 0.6 is 0 Å². The summed E-state index contributed by atoms with van der Waals surface area (Å²) in [5, 5.41) is 11.0. The van der Waals surface area contributed by atoms with Gasteiger partial charge in [0.05, 0.1) is 13.7 Å². The Balaban J connectivity index is 1.56. The zero-order valence-corrected chi connectivity index (χ0v) is 18.3. The number of aromatic amines is 1. The summed E-state index contributed by atoms with van der Waals surface area (Å²) >= 11 is 0. The van der Waals surface area contributed by atoms with Crippen LogP contribution in [-0.2, 0) is 17.6 Å². The lowest BCUT2D eigenvalue weighted by Crippen LogP contribution is -2.27. The minimum atomic E-state index is -0.374. The molecule has 1 aromatic carbocycles. The molecule has 0 bridgehead atoms. The molecule has 0 aliphatic carbocycles. The fourth-order valence-electron chi connectivity index (χ4n) is 3.00. The van der Waals surface area contributed by atoms with Gasteiger partial charge in [0.2, 0.25) is 5.91 Å². The Morgan fingerprint density at radius 2 is 2.00 bits per heavy atom. The summed E-state index contributed by atoms with van der Waals surface area (Å²) in [6.45, 7) is 3.09. The number of aromatic nitrogens is 4. The average molecular weight is 438 g/mol. The number of hydrogen-bond donors (Lipinski definition) is 2. The van der Waals surface area contributed by atoms with E-state index in [4.69, 9.17) is 9.47 Å². The average Bonchev–Trinajstić information content (AvgIpc) is 2.82. The van der Waals surface area contributed by atoms with E-state index in [9.17, 15) is 9.59 Å². The molecule has 0 aliphatic heterocycles. The van der Waals surface area contributed by atoms with Gasteiger partial charge in [-0.3, -0.25) is 14.6 Å². The van der Waals surface area contributed by atoms with Gasteiger partial charge in [-0.1, -0.05) is 13.0 Å². The van der Waals surface area contributed by atoms with Crippen LogP contribution < -0.4 is 20.3 Å². The van der Waals surface area contributed by atoms with Gasteiger partial charge in [-0.25, -0.2) is 0 Å². The van der Waals surface area contributed by atoms with Gasteiger partial charge in [0, 0.05) is 43.3 Å². The highest BCUT2D eigenvalue weighted by Gasteiger charge is 2.12. The number of hydrogen-bond acceptors (Lipinski definition) is 7. The van der Waals surface area contributed by atoms with Gasteiger partial charge in [0.25, 0.3) is 5.56 Å². The van der Waals surface area contributed by atoms with Crippen molar-refractivity contribution in [1.82, 2.24) is 25.5 Å². The molecule has 32 heavy (non-hydrogen) atoms. The number of benzene rings is 1. The predicted octanol–water partition coefficient (Wildman–Crippen LogP) is 2.32. The second kappa shape index (κ2) is 11.6. The van der Waals surface area contributed by atoms with Crippen molar-refractivity contribution in [2.45, 2.75) is 32.6 Å². The Morgan fingerprint density at radius 3 is 2.72 bits per heavy atom. The third-order valence-corrected chi connectivity index (χ3v) is 4.68. The van der Waals surface area contributed by atoms with Crippen molar-refractivity contribution in [3.63, 3.8) is 0 Å². The number of methoxy groups -OCH3 is 1. The summed E-state index contributed by atoms with van der Waals surface area (Å²) in [7, 11) is 1.55. The molecule has 2 aromatic heterocycles. The molecule has 0 unspecified atom stereocenters. The summed E-state index contributed by atoms with van der Waals surface area (Å²) in [5.74, 6) is 1.33. The quantitative estimate of drug-likeness (QED) is 0.472. The third-order valence-electron chi connectivity index (χ3n) is 4.68. The topological polar surface area (TPSA) is 119 Å². The maximum Gasteiger partial charge on any atom is 0.273 e. The molecule has 2 N–H and O–H groups in total. The molecular weight excluding hydrogens is 410 g/mol. The molecule has 0 radical (unpaired) electrons. The Hall–Kier alpha value is -3.75. The fraction of sp³-hybridized carbons (Fsp3) is 0.348. The van der Waals surface area contributed by atoms with Crippen LogP contribution in [-0.4, -0.2) is 46.3 Å². The zero-order valence-electron chi connectivity index (χ0n) is 18.3. The van der Waals surface area contributed by atoms with E-state index < -0.39 is 0 Å². The van der Waals surface area contributed by atoms with Crippen molar-refractivity contribution in [2.75, 3.05) is 20.3 Å². The molecule has 168 valence electrons. The Morgan fingerprint density at radius 1 is 1.12 bits per heavy atom. The largest absolute Gasteiger partial charge is 0.493 e. The zero-order chi connectivity index (χ0) is 22.8. The first-order chi connectivity index (χ1) is 15.6. The lowest BCUT2D eigenvalue weighted by Gasteiger charge is -2.11. The maximum atomic E-state index is 12.4. The first-order valence-electron chi connectivity index (χ1n) is 10.5. The maximum absolute atomic E-state index is 12.4. The summed E-state index contributed by atoms with van der Waals surface area (Å²) in [5.41, 5.74) is 1.39. The number of amides is 1. The highest BCUT2D eigenvalue weighted by atomic mass is 16.5. The van der Waals surface area contributed by atoms with Crippen LogP contribution in [0.1, 0.15) is 31.2 Å². The van der Waals surface area contributed by atoms with E-state index in [1.165, 1.54) is 0 Å². The number of pyridine rings is 1. The van der Waals surface area contributed by atoms with Crippen molar-refractivity contribution in [1.29, 1.82) is 0 Å². The van der Waals surface area contributed by atoms with E-state index in [1.807, 2.05) is 25.1 Å². The van der Waals surface area contributed by atoms with Crippen molar-refractivity contribution < 1.29 is 14.3 Å². The van der Waals surface area contributed by atoms with Crippen LogP contribution in [0.2, 0.25) is 0 Å². The number of nitrogens with one attached hydrogen (secondary N) is 2. The number of carbonyl (C=O) groups is 1. The number of H-pyrrole nitrogens is 1. The van der Waals surface area contributed by atoms with Gasteiger partial charge in [-0.05, 0) is 36.8 Å². The first-order valence-corrected chi connectivity index (χ1v) is 10.5. The third kappa shape index (κ3) is 6.37. The molecule has 0 spiro atoms. The summed E-state index contributed by atoms with van der Waals surface area (Å²) < 4.78 is 11.0. The lowest BCUT2D eigenvalue weighted by atomic mass is 10.2. The van der Waals surface area contributed by atoms with E-state index in [0.29, 0.717) is 42.5 Å². The van der Waals surface area contributed by atoms with E-state index in [2.05, 4.69) is 25.5 Å². The van der Waals surface area contributed by atoms with Crippen LogP contribution in [0.5, 0.6) is 11.5 Å². The lowest BCUT2D eigenvalue weighted by molar-refractivity contribution is -0.121. The molecule has 0 atom stereocenters. The van der Waals surface area contributed by atoms with Gasteiger partial charge in [-0.15, -0.1) is 10.2 Å². The van der Waals surface area contributed by atoms with Crippen LogP contribution in [0.3, 0.4) is 0 Å². The van der Waals surface area contributed by atoms with Crippen LogP contribution in [0.25, 0.3) is 11.4 Å². The number of rotatable bonds is 11. The van der Waals surface area contributed by atoms with E-state index >= 15 is 0 Å². The highest BCUT2D eigenvalue weighted by Crippen LogP contribution is 2.31. The van der Waals surface area contributed by atoms with E-state index in [1.54, 1.807) is 31.5 Å². The molecule has 3 rings (SSSR count). The van der Waals surface area contributed by atoms with Crippen LogP contribution in [0.15, 0.2) is 47.4 Å². The van der Waals surface area contributed by atoms with Crippen molar-refractivity contribution in [2.24, 2.45) is 0 Å². The standard InChI is InChI=1S/C23H27N5O4/c1-3-14-32-19-9-7-16(15-20(19)31-2)22-26-23(30)18(27-28-22)8-10-21(29)25-13-11-17-6-4-5-12-24-17/h4-7,9,12,15H,3,8,10-11,13-14H2,1-2H3,(H,25,29)(H,26,28,30). The van der Waals surface area contributed by atoms with Gasteiger partial charge < -0.3 is 19.8 Å². The SMILES string of the molecule is CCCOc1ccc(-c2nnc(CCC(=O)NCCc3ccccn3)c(=O)[nH]2)cc1OC. The van der Waals surface area contributed by atoms with Gasteiger partial charge in [-0.2, -0.15) is 0 Å². The summed E-state index contributed by atoms with van der Waals surface area (Å²) in [6, 6.07) is 10.9. The van der Waals surface area contributed by atoms with Crippen LogP contribution in [0, 0.1) is 0 Å². The molecule has 0 aliphatic rings. The molecule has 0 saturated heterocycles. The Bertz CT molecular complexity index is 1090. The van der Waals surface area contributed by atoms with Gasteiger partial charge in [0.1, 0.15) is 5.69 Å².